The number of nitrogens with one attached hydrogen (secondary N) is 1. The summed E-state index contributed by atoms with van der Waals surface area (Å²) in [6.07, 6.45) is -1.87. The third-order valence-corrected chi connectivity index (χ3v) is 2.19. The quantitative estimate of drug-likeness (QED) is 0.820. The molecule has 0 amide bonds. The van der Waals surface area contributed by atoms with Crippen LogP contribution in [0.25, 0.3) is 0 Å². The highest BCUT2D eigenvalue weighted by molar-refractivity contribution is 6.07. The zero-order chi connectivity index (χ0) is 12.5. The SMILES string of the molecule is O=C(c1ncc[nH]1)c1ccccc1C(F)(F)F. The van der Waals surface area contributed by atoms with Gasteiger partial charge in [0.15, 0.2) is 5.82 Å². The molecule has 0 saturated carbocycles. The van der Waals surface area contributed by atoms with E-state index in [1.165, 1.54) is 24.5 Å². The molecule has 0 bridgehead atoms. The summed E-state index contributed by atoms with van der Waals surface area (Å²) in [6, 6.07) is 4.62. The first kappa shape index (κ1) is 11.4. The van der Waals surface area contributed by atoms with Crippen molar-refractivity contribution in [1.29, 1.82) is 0 Å². The van der Waals surface area contributed by atoms with Gasteiger partial charge in [-0.2, -0.15) is 13.2 Å². The minimum Gasteiger partial charge on any atom is -0.342 e. The van der Waals surface area contributed by atoms with Crippen molar-refractivity contribution in [3.63, 3.8) is 0 Å². The van der Waals surface area contributed by atoms with E-state index in [2.05, 4.69) is 9.97 Å². The zero-order valence-corrected chi connectivity index (χ0v) is 8.45. The number of rotatable bonds is 2. The molecule has 1 aromatic carbocycles. The fourth-order valence-corrected chi connectivity index (χ4v) is 1.45. The Balaban J connectivity index is 2.50. The Bertz CT molecular complexity index is 532. The van der Waals surface area contributed by atoms with Crippen LogP contribution in [0.2, 0.25) is 0 Å². The van der Waals surface area contributed by atoms with E-state index in [0.29, 0.717) is 0 Å². The van der Waals surface area contributed by atoms with Gasteiger partial charge in [0.25, 0.3) is 0 Å². The summed E-state index contributed by atoms with van der Waals surface area (Å²) in [4.78, 5) is 17.9. The van der Waals surface area contributed by atoms with E-state index in [1.807, 2.05) is 0 Å². The van der Waals surface area contributed by atoms with E-state index < -0.39 is 23.1 Å². The lowest BCUT2D eigenvalue weighted by atomic mass is 10.0. The molecule has 3 nitrogen and oxygen atoms in total. The van der Waals surface area contributed by atoms with Crippen molar-refractivity contribution in [3.05, 3.63) is 53.6 Å². The molecule has 1 aromatic heterocycles. The second-order valence-electron chi connectivity index (χ2n) is 3.31. The fourth-order valence-electron chi connectivity index (χ4n) is 1.45. The van der Waals surface area contributed by atoms with Crippen LogP contribution in [-0.2, 0) is 6.18 Å². The van der Waals surface area contributed by atoms with Crippen LogP contribution in [0.15, 0.2) is 36.7 Å². The van der Waals surface area contributed by atoms with E-state index >= 15 is 0 Å². The molecule has 6 heteroatoms. The molecule has 2 aromatic rings. The number of halogens is 3. The Kier molecular flexibility index (Phi) is 2.71. The first-order valence-corrected chi connectivity index (χ1v) is 4.70. The van der Waals surface area contributed by atoms with E-state index in [-0.39, 0.29) is 5.82 Å². The second-order valence-corrected chi connectivity index (χ2v) is 3.31. The maximum Gasteiger partial charge on any atom is 0.417 e. The van der Waals surface area contributed by atoms with Gasteiger partial charge in [0.2, 0.25) is 5.78 Å². The zero-order valence-electron chi connectivity index (χ0n) is 8.45. The molecule has 1 heterocycles. The van der Waals surface area contributed by atoms with Crippen LogP contribution < -0.4 is 0 Å². The lowest BCUT2D eigenvalue weighted by Crippen LogP contribution is -2.14. The van der Waals surface area contributed by atoms with Gasteiger partial charge in [0.05, 0.1) is 5.56 Å². The van der Waals surface area contributed by atoms with Gasteiger partial charge in [-0.15, -0.1) is 0 Å². The predicted octanol–water partition coefficient (Wildman–Crippen LogP) is 2.66. The molecular weight excluding hydrogens is 233 g/mol. The molecule has 0 aliphatic rings. The highest BCUT2D eigenvalue weighted by Gasteiger charge is 2.35. The van der Waals surface area contributed by atoms with Crippen LogP contribution in [0.1, 0.15) is 21.7 Å². The molecule has 1 N–H and O–H groups in total. The van der Waals surface area contributed by atoms with E-state index in [9.17, 15) is 18.0 Å². The summed E-state index contributed by atoms with van der Waals surface area (Å²) >= 11 is 0. The van der Waals surface area contributed by atoms with Crippen molar-refractivity contribution in [3.8, 4) is 0 Å². The molecule has 0 unspecified atom stereocenters. The van der Waals surface area contributed by atoms with Crippen LogP contribution in [0, 0.1) is 0 Å². The van der Waals surface area contributed by atoms with Gasteiger partial charge in [-0.05, 0) is 6.07 Å². The van der Waals surface area contributed by atoms with Gasteiger partial charge in [-0.3, -0.25) is 4.79 Å². The van der Waals surface area contributed by atoms with Crippen LogP contribution in [0.5, 0.6) is 0 Å². The van der Waals surface area contributed by atoms with Gasteiger partial charge < -0.3 is 4.98 Å². The Morgan fingerprint density at radius 3 is 2.53 bits per heavy atom. The molecule has 0 aliphatic carbocycles. The predicted molar refractivity (Wildman–Crippen MR) is 53.5 cm³/mol. The molecule has 0 fully saturated rings. The average Bonchev–Trinajstić information content (AvgIpc) is 2.80. The number of H-pyrrole nitrogens is 1. The van der Waals surface area contributed by atoms with Crippen molar-refractivity contribution in [1.82, 2.24) is 9.97 Å². The van der Waals surface area contributed by atoms with Gasteiger partial charge in [0.1, 0.15) is 0 Å². The maximum atomic E-state index is 12.7. The molecule has 17 heavy (non-hydrogen) atoms. The number of aromatic nitrogens is 2. The Labute approximate surface area is 94.3 Å². The topological polar surface area (TPSA) is 45.8 Å². The number of alkyl halides is 3. The molecule has 0 radical (unpaired) electrons. The van der Waals surface area contributed by atoms with Crippen LogP contribution >= 0.6 is 0 Å². The number of imidazole rings is 1. The Morgan fingerprint density at radius 2 is 1.94 bits per heavy atom. The molecule has 2 rings (SSSR count). The van der Waals surface area contributed by atoms with E-state index in [4.69, 9.17) is 0 Å². The summed E-state index contributed by atoms with van der Waals surface area (Å²) in [5.41, 5.74) is -1.36. The summed E-state index contributed by atoms with van der Waals surface area (Å²) in [6.45, 7) is 0. The van der Waals surface area contributed by atoms with Crippen molar-refractivity contribution < 1.29 is 18.0 Å². The average molecular weight is 240 g/mol. The first-order valence-electron chi connectivity index (χ1n) is 4.70. The third kappa shape index (κ3) is 2.20. The number of aromatic amines is 1. The Morgan fingerprint density at radius 1 is 1.24 bits per heavy atom. The third-order valence-electron chi connectivity index (χ3n) is 2.19. The standard InChI is InChI=1S/C11H7F3N2O/c12-11(13,14)8-4-2-1-3-7(8)9(17)10-15-5-6-16-10/h1-6H,(H,15,16). The summed E-state index contributed by atoms with van der Waals surface area (Å²) in [7, 11) is 0. The summed E-state index contributed by atoms with van der Waals surface area (Å²) in [5, 5.41) is 0. The smallest absolute Gasteiger partial charge is 0.342 e. The first-order chi connectivity index (χ1) is 8.00. The van der Waals surface area contributed by atoms with Crippen molar-refractivity contribution in [2.75, 3.05) is 0 Å². The van der Waals surface area contributed by atoms with Gasteiger partial charge in [0, 0.05) is 18.0 Å². The van der Waals surface area contributed by atoms with Crippen LogP contribution in [-0.4, -0.2) is 15.8 Å². The summed E-state index contributed by atoms with van der Waals surface area (Å²) in [5.74, 6) is -0.885. The van der Waals surface area contributed by atoms with Gasteiger partial charge >= 0.3 is 6.18 Å². The molecule has 0 saturated heterocycles. The molecule has 0 atom stereocenters. The molecule has 0 spiro atoms. The largest absolute Gasteiger partial charge is 0.417 e. The number of carbonyl (C=O) groups is 1. The minimum absolute atomic E-state index is 0.110. The number of hydrogen-bond donors (Lipinski definition) is 1. The maximum absolute atomic E-state index is 12.7. The minimum atomic E-state index is -4.56. The lowest BCUT2D eigenvalue weighted by Gasteiger charge is -2.10. The van der Waals surface area contributed by atoms with Crippen molar-refractivity contribution in [2.45, 2.75) is 6.18 Å². The van der Waals surface area contributed by atoms with E-state index in [0.717, 1.165) is 12.1 Å². The van der Waals surface area contributed by atoms with Crippen molar-refractivity contribution in [2.24, 2.45) is 0 Å². The van der Waals surface area contributed by atoms with Gasteiger partial charge in [-0.25, -0.2) is 4.98 Å². The number of ketones is 1. The second kappa shape index (κ2) is 4.04. The lowest BCUT2D eigenvalue weighted by molar-refractivity contribution is -0.137. The van der Waals surface area contributed by atoms with Crippen LogP contribution in [0.4, 0.5) is 13.2 Å². The molecular formula is C11H7F3N2O. The van der Waals surface area contributed by atoms with Crippen molar-refractivity contribution >= 4 is 5.78 Å². The molecule has 88 valence electrons. The normalized spacial score (nSPS) is 11.5. The highest BCUT2D eigenvalue weighted by Crippen LogP contribution is 2.32. The highest BCUT2D eigenvalue weighted by atomic mass is 19.4. The number of nitrogens with zero attached hydrogens (tertiary/aromatic N) is 1. The number of carbonyl (C=O) groups excluding carboxylic acids is 1. The monoisotopic (exact) mass is 240 g/mol. The fraction of sp³-hybridized carbons (Fsp3) is 0.0909. The van der Waals surface area contributed by atoms with Crippen LogP contribution in [0.3, 0.4) is 0 Å². The number of hydrogen-bond acceptors (Lipinski definition) is 2. The number of benzene rings is 1. The Hall–Kier alpha value is -2.11. The molecule has 0 aliphatic heterocycles. The van der Waals surface area contributed by atoms with E-state index in [1.54, 1.807) is 0 Å². The summed E-state index contributed by atoms with van der Waals surface area (Å²) < 4.78 is 38.0. The van der Waals surface area contributed by atoms with Gasteiger partial charge in [-0.1, -0.05) is 18.2 Å².